The number of rotatable bonds is 7. The van der Waals surface area contributed by atoms with E-state index in [4.69, 9.17) is 5.73 Å². The molecule has 17 heavy (non-hydrogen) atoms. The molecule has 2 heteroatoms. The summed E-state index contributed by atoms with van der Waals surface area (Å²) in [7, 11) is 2.15. The van der Waals surface area contributed by atoms with Gasteiger partial charge in [0.05, 0.1) is 0 Å². The molecule has 0 fully saturated rings. The highest BCUT2D eigenvalue weighted by atomic mass is 15.1. The Bertz CT molecular complexity index is 322. The molecule has 0 heterocycles. The topological polar surface area (TPSA) is 29.3 Å². The van der Waals surface area contributed by atoms with E-state index in [1.807, 2.05) is 0 Å². The van der Waals surface area contributed by atoms with Gasteiger partial charge in [-0.3, -0.25) is 0 Å². The zero-order valence-electron chi connectivity index (χ0n) is 11.4. The summed E-state index contributed by atoms with van der Waals surface area (Å²) in [6.45, 7) is 6.35. The van der Waals surface area contributed by atoms with Gasteiger partial charge in [-0.1, -0.05) is 44.0 Å². The van der Waals surface area contributed by atoms with Crippen LogP contribution in [-0.4, -0.2) is 24.5 Å². The summed E-state index contributed by atoms with van der Waals surface area (Å²) in [5.41, 5.74) is 8.87. The summed E-state index contributed by atoms with van der Waals surface area (Å²) in [5, 5.41) is 0. The Hall–Kier alpha value is -0.860. The summed E-state index contributed by atoms with van der Waals surface area (Å²) in [5.74, 6) is 0. The van der Waals surface area contributed by atoms with Crippen LogP contribution in [0.2, 0.25) is 0 Å². The van der Waals surface area contributed by atoms with Gasteiger partial charge in [-0.15, -0.1) is 0 Å². The summed E-state index contributed by atoms with van der Waals surface area (Å²) >= 11 is 0. The van der Waals surface area contributed by atoms with Gasteiger partial charge in [-0.2, -0.15) is 0 Å². The third kappa shape index (κ3) is 5.33. The number of nitrogens with zero attached hydrogens (tertiary/aromatic N) is 1. The largest absolute Gasteiger partial charge is 0.327 e. The first kappa shape index (κ1) is 14.2. The van der Waals surface area contributed by atoms with Crippen LogP contribution in [0.15, 0.2) is 24.3 Å². The van der Waals surface area contributed by atoms with Gasteiger partial charge < -0.3 is 10.6 Å². The minimum absolute atomic E-state index is 0.309. The Morgan fingerprint density at radius 2 is 2.00 bits per heavy atom. The van der Waals surface area contributed by atoms with Gasteiger partial charge in [0, 0.05) is 19.1 Å². The normalized spacial score (nSPS) is 13.0. The molecule has 96 valence electrons. The monoisotopic (exact) mass is 234 g/mol. The van der Waals surface area contributed by atoms with Crippen molar-refractivity contribution in [2.75, 3.05) is 13.6 Å². The van der Waals surface area contributed by atoms with E-state index in [9.17, 15) is 0 Å². The standard InChI is InChI=1S/C15H26N2/c1-4-5-10-15(16)12-17(3)11-14-9-7-6-8-13(14)2/h6-9,15H,4-5,10-12,16H2,1-3H3. The molecule has 0 saturated carbocycles. The number of aryl methyl sites for hydroxylation is 1. The second-order valence-electron chi connectivity index (χ2n) is 5.03. The van der Waals surface area contributed by atoms with Gasteiger partial charge in [0.15, 0.2) is 0 Å². The number of benzene rings is 1. The zero-order chi connectivity index (χ0) is 12.7. The number of hydrogen-bond acceptors (Lipinski definition) is 2. The van der Waals surface area contributed by atoms with Crippen LogP contribution in [0.1, 0.15) is 37.3 Å². The van der Waals surface area contributed by atoms with Crippen LogP contribution in [0.25, 0.3) is 0 Å². The van der Waals surface area contributed by atoms with Crippen LogP contribution in [0.4, 0.5) is 0 Å². The molecule has 0 radical (unpaired) electrons. The maximum absolute atomic E-state index is 6.11. The van der Waals surface area contributed by atoms with E-state index >= 15 is 0 Å². The van der Waals surface area contributed by atoms with Gasteiger partial charge in [-0.25, -0.2) is 0 Å². The zero-order valence-corrected chi connectivity index (χ0v) is 11.4. The predicted octanol–water partition coefficient (Wildman–Crippen LogP) is 2.94. The summed E-state index contributed by atoms with van der Waals surface area (Å²) in [4.78, 5) is 2.32. The maximum Gasteiger partial charge on any atom is 0.0233 e. The first-order chi connectivity index (χ1) is 8.13. The van der Waals surface area contributed by atoms with Gasteiger partial charge in [0.1, 0.15) is 0 Å². The molecular weight excluding hydrogens is 208 g/mol. The van der Waals surface area contributed by atoms with Crippen molar-refractivity contribution in [1.82, 2.24) is 4.90 Å². The van der Waals surface area contributed by atoms with Crippen LogP contribution in [0.3, 0.4) is 0 Å². The molecule has 0 amide bonds. The fraction of sp³-hybridized carbons (Fsp3) is 0.600. The molecule has 0 aliphatic carbocycles. The van der Waals surface area contributed by atoms with Gasteiger partial charge in [0.25, 0.3) is 0 Å². The molecule has 1 unspecified atom stereocenters. The summed E-state index contributed by atoms with van der Waals surface area (Å²) < 4.78 is 0. The molecule has 2 N–H and O–H groups in total. The molecule has 0 aliphatic rings. The van der Waals surface area contributed by atoms with Gasteiger partial charge in [0.2, 0.25) is 0 Å². The van der Waals surface area contributed by atoms with Crippen LogP contribution < -0.4 is 5.73 Å². The van der Waals surface area contributed by atoms with Crippen LogP contribution in [-0.2, 0) is 6.54 Å². The first-order valence-electron chi connectivity index (χ1n) is 6.62. The van der Waals surface area contributed by atoms with Crippen LogP contribution in [0.5, 0.6) is 0 Å². The van der Waals surface area contributed by atoms with Crippen molar-refractivity contribution >= 4 is 0 Å². The minimum atomic E-state index is 0.309. The highest BCUT2D eigenvalue weighted by Crippen LogP contribution is 2.10. The quantitative estimate of drug-likeness (QED) is 0.786. The second-order valence-corrected chi connectivity index (χ2v) is 5.03. The van der Waals surface area contributed by atoms with E-state index in [0.717, 1.165) is 19.5 Å². The van der Waals surface area contributed by atoms with Gasteiger partial charge in [-0.05, 0) is 31.5 Å². The molecule has 0 saturated heterocycles. The third-order valence-corrected chi connectivity index (χ3v) is 3.18. The molecule has 0 spiro atoms. The number of hydrogen-bond donors (Lipinski definition) is 1. The Labute approximate surface area is 106 Å². The Morgan fingerprint density at radius 3 is 2.65 bits per heavy atom. The number of nitrogens with two attached hydrogens (primary N) is 1. The lowest BCUT2D eigenvalue weighted by Crippen LogP contribution is -2.35. The highest BCUT2D eigenvalue weighted by Gasteiger charge is 2.07. The Morgan fingerprint density at radius 1 is 1.29 bits per heavy atom. The molecule has 2 nitrogen and oxygen atoms in total. The Balaban J connectivity index is 2.39. The van der Waals surface area contributed by atoms with Crippen molar-refractivity contribution in [3.8, 4) is 0 Å². The summed E-state index contributed by atoms with van der Waals surface area (Å²) in [6.07, 6.45) is 3.60. The molecule has 1 aromatic rings. The van der Waals surface area contributed by atoms with Crippen molar-refractivity contribution in [3.05, 3.63) is 35.4 Å². The lowest BCUT2D eigenvalue weighted by molar-refractivity contribution is 0.295. The van der Waals surface area contributed by atoms with Crippen molar-refractivity contribution in [1.29, 1.82) is 0 Å². The lowest BCUT2D eigenvalue weighted by Gasteiger charge is -2.22. The fourth-order valence-corrected chi connectivity index (χ4v) is 2.10. The maximum atomic E-state index is 6.11. The van der Waals surface area contributed by atoms with E-state index in [1.54, 1.807) is 0 Å². The molecule has 1 rings (SSSR count). The van der Waals surface area contributed by atoms with E-state index < -0.39 is 0 Å². The minimum Gasteiger partial charge on any atom is -0.327 e. The molecular formula is C15H26N2. The predicted molar refractivity (Wildman–Crippen MR) is 75.0 cm³/mol. The molecule has 1 aromatic carbocycles. The van der Waals surface area contributed by atoms with E-state index in [0.29, 0.717) is 6.04 Å². The van der Waals surface area contributed by atoms with Crippen LogP contribution >= 0.6 is 0 Å². The van der Waals surface area contributed by atoms with E-state index in [-0.39, 0.29) is 0 Å². The second kappa shape index (κ2) is 7.46. The van der Waals surface area contributed by atoms with E-state index in [2.05, 4.69) is 50.1 Å². The smallest absolute Gasteiger partial charge is 0.0233 e. The summed E-state index contributed by atoms with van der Waals surface area (Å²) in [6, 6.07) is 8.87. The van der Waals surface area contributed by atoms with Gasteiger partial charge >= 0.3 is 0 Å². The highest BCUT2D eigenvalue weighted by molar-refractivity contribution is 5.25. The first-order valence-corrected chi connectivity index (χ1v) is 6.62. The third-order valence-electron chi connectivity index (χ3n) is 3.18. The molecule has 0 aromatic heterocycles. The average molecular weight is 234 g/mol. The molecule has 1 atom stereocenters. The number of likely N-dealkylation sites (N-methyl/N-ethyl adjacent to an activating group) is 1. The molecule has 0 bridgehead atoms. The molecule has 0 aliphatic heterocycles. The fourth-order valence-electron chi connectivity index (χ4n) is 2.10. The SMILES string of the molecule is CCCCC(N)CN(C)Cc1ccccc1C. The van der Waals surface area contributed by atoms with Crippen molar-refractivity contribution in [3.63, 3.8) is 0 Å². The van der Waals surface area contributed by atoms with Crippen molar-refractivity contribution < 1.29 is 0 Å². The van der Waals surface area contributed by atoms with Crippen LogP contribution in [0, 0.1) is 6.92 Å². The lowest BCUT2D eigenvalue weighted by atomic mass is 10.1. The van der Waals surface area contributed by atoms with Crippen molar-refractivity contribution in [2.24, 2.45) is 5.73 Å². The van der Waals surface area contributed by atoms with Crippen molar-refractivity contribution in [2.45, 2.75) is 45.7 Å². The Kier molecular flexibility index (Phi) is 6.23. The van der Waals surface area contributed by atoms with E-state index in [1.165, 1.54) is 24.0 Å². The average Bonchev–Trinajstić information content (AvgIpc) is 2.29. The number of unbranched alkanes of at least 4 members (excludes halogenated alkanes) is 1.